The average molecular weight is 257 g/mol. The van der Waals surface area contributed by atoms with Crippen LogP contribution in [0.4, 0.5) is 0 Å². The molecule has 0 bridgehead atoms. The van der Waals surface area contributed by atoms with E-state index in [1.165, 1.54) is 0 Å². The summed E-state index contributed by atoms with van der Waals surface area (Å²) in [4.78, 5) is 3.18. The summed E-state index contributed by atoms with van der Waals surface area (Å²) < 4.78 is 0. The van der Waals surface area contributed by atoms with Crippen molar-refractivity contribution in [2.75, 3.05) is 0 Å². The van der Waals surface area contributed by atoms with E-state index in [-0.39, 0.29) is 0 Å². The minimum Gasteiger partial charge on any atom is -0.361 e. The summed E-state index contributed by atoms with van der Waals surface area (Å²) in [5.74, 6) is 0. The van der Waals surface area contributed by atoms with Gasteiger partial charge >= 0.3 is 0 Å². The van der Waals surface area contributed by atoms with E-state index in [2.05, 4.69) is 10.3 Å². The fraction of sp³-hybridized carbons (Fsp3) is 0.385. The molecular formula is C13H8B6N2. The maximum absolute atomic E-state index is 6.65. The Morgan fingerprint density at radius 2 is 1.67 bits per heavy atom. The largest absolute Gasteiger partial charge is 0.361 e. The van der Waals surface area contributed by atoms with Gasteiger partial charge in [-0.2, -0.15) is 0 Å². The van der Waals surface area contributed by atoms with Gasteiger partial charge in [0.2, 0.25) is 0 Å². The van der Waals surface area contributed by atoms with Crippen molar-refractivity contribution < 1.29 is 0 Å². The molecule has 0 amide bonds. The summed E-state index contributed by atoms with van der Waals surface area (Å²) in [6.45, 7) is 0. The predicted molar refractivity (Wildman–Crippen MR) is 89.5 cm³/mol. The highest BCUT2D eigenvalue weighted by molar-refractivity contribution is 6.55. The number of aromatic amines is 1. The standard InChI is InChI=1S/C13H8B6N2/c14-10-4-6-2-1-3-8-9(6)7(5-20-8)11(10,15)13(18,19)21-12(10,16)17/h1-3,5,20-21H,4H2/t10?,11-/m0/s1. The van der Waals surface area contributed by atoms with E-state index >= 15 is 0 Å². The summed E-state index contributed by atoms with van der Waals surface area (Å²) in [7, 11) is 38.0. The molecule has 1 aromatic carbocycles. The number of rotatable bonds is 0. The van der Waals surface area contributed by atoms with Crippen molar-refractivity contribution in [3.8, 4) is 0 Å². The highest BCUT2D eigenvalue weighted by Crippen LogP contribution is 2.63. The molecule has 21 heavy (non-hydrogen) atoms. The second-order valence-electron chi connectivity index (χ2n) is 6.36. The fourth-order valence-electron chi connectivity index (χ4n) is 4.02. The Kier molecular flexibility index (Phi) is 2.31. The molecule has 8 heteroatoms. The van der Waals surface area contributed by atoms with Crippen LogP contribution in [-0.2, 0) is 11.7 Å². The molecule has 1 aliphatic heterocycles. The quantitative estimate of drug-likeness (QED) is 0.582. The molecule has 2 aromatic rings. The van der Waals surface area contributed by atoms with Crippen molar-refractivity contribution in [2.24, 2.45) is 0 Å². The van der Waals surface area contributed by atoms with E-state index in [1.807, 2.05) is 18.2 Å². The molecule has 88 valence electrons. The lowest BCUT2D eigenvalue weighted by Gasteiger charge is -2.55. The normalized spacial score (nSPS) is 35.6. The molecule has 2 aliphatic rings. The first-order valence-corrected chi connectivity index (χ1v) is 6.76. The maximum Gasteiger partial charge on any atom is 0.0821 e. The van der Waals surface area contributed by atoms with Crippen LogP contribution in [0.5, 0.6) is 0 Å². The Balaban J connectivity index is 2.14. The predicted octanol–water partition coefficient (Wildman–Crippen LogP) is -1.00. The maximum atomic E-state index is 6.65. The van der Waals surface area contributed by atoms with E-state index in [0.717, 1.165) is 22.0 Å². The van der Waals surface area contributed by atoms with Crippen molar-refractivity contribution >= 4 is 58.0 Å². The van der Waals surface area contributed by atoms with Crippen molar-refractivity contribution in [3.63, 3.8) is 0 Å². The lowest BCUT2D eigenvalue weighted by molar-refractivity contribution is 0.427. The molecule has 4 rings (SSSR count). The third kappa shape index (κ3) is 1.28. The van der Waals surface area contributed by atoms with Gasteiger partial charge in [-0.25, -0.2) is 0 Å². The number of aromatic nitrogens is 1. The van der Waals surface area contributed by atoms with Crippen molar-refractivity contribution in [1.82, 2.24) is 10.3 Å². The van der Waals surface area contributed by atoms with Crippen LogP contribution < -0.4 is 5.32 Å². The number of benzene rings is 1. The van der Waals surface area contributed by atoms with Gasteiger partial charge in [0.1, 0.15) is 0 Å². The smallest absolute Gasteiger partial charge is 0.0821 e. The minimum absolute atomic E-state index is 0.377. The Hall–Kier alpha value is -0.890. The van der Waals surface area contributed by atoms with E-state index in [0.29, 0.717) is 6.42 Å². The molecule has 2 N–H and O–H groups in total. The monoisotopic (exact) mass is 258 g/mol. The Labute approximate surface area is 132 Å². The summed E-state index contributed by atoms with van der Waals surface area (Å²) in [5.41, 5.74) is 2.71. The van der Waals surface area contributed by atoms with Gasteiger partial charge in [0.05, 0.1) is 47.1 Å². The average Bonchev–Trinajstić information content (AvgIpc) is 2.83. The van der Waals surface area contributed by atoms with E-state index < -0.39 is 21.3 Å². The Morgan fingerprint density at radius 3 is 2.38 bits per heavy atom. The number of nitrogens with one attached hydrogen (secondary N) is 2. The fourth-order valence-corrected chi connectivity index (χ4v) is 4.02. The molecule has 1 aromatic heterocycles. The molecule has 1 aliphatic carbocycles. The first-order chi connectivity index (χ1) is 9.64. The van der Waals surface area contributed by atoms with Crippen LogP contribution in [0, 0.1) is 0 Å². The van der Waals surface area contributed by atoms with Crippen LogP contribution >= 0.6 is 0 Å². The zero-order valence-electron chi connectivity index (χ0n) is 11.5. The van der Waals surface area contributed by atoms with Gasteiger partial charge in [-0.15, -0.1) is 0 Å². The molecule has 2 heterocycles. The third-order valence-electron chi connectivity index (χ3n) is 5.19. The van der Waals surface area contributed by atoms with Gasteiger partial charge < -0.3 is 10.3 Å². The van der Waals surface area contributed by atoms with Crippen LogP contribution in [0.3, 0.4) is 0 Å². The summed E-state index contributed by atoms with van der Waals surface area (Å²) >= 11 is 0. The lowest BCUT2D eigenvalue weighted by Crippen LogP contribution is -2.60. The van der Waals surface area contributed by atoms with Crippen molar-refractivity contribution in [2.45, 2.75) is 27.7 Å². The summed E-state index contributed by atoms with van der Waals surface area (Å²) in [6, 6.07) is 5.89. The van der Waals surface area contributed by atoms with Gasteiger partial charge in [-0.05, 0) is 28.9 Å². The molecule has 12 radical (unpaired) electrons. The van der Waals surface area contributed by atoms with Gasteiger partial charge in [-0.1, -0.05) is 28.1 Å². The SMILES string of the molecule is [B]C1([B])NC([B])([B])[C@]2([B])c3c[nH]c4cccc(c34)CC12[B]. The van der Waals surface area contributed by atoms with E-state index in [1.54, 1.807) is 6.20 Å². The molecule has 1 saturated heterocycles. The zero-order chi connectivity index (χ0) is 15.3. The number of hydrogen-bond donors (Lipinski definition) is 2. The van der Waals surface area contributed by atoms with Crippen LogP contribution in [0.2, 0.25) is 5.31 Å². The van der Waals surface area contributed by atoms with Crippen molar-refractivity contribution in [3.05, 3.63) is 35.5 Å². The van der Waals surface area contributed by atoms with Crippen LogP contribution in [-0.4, -0.2) is 62.7 Å². The lowest BCUT2D eigenvalue weighted by atomic mass is 9.24. The number of H-pyrrole nitrogens is 1. The molecule has 0 saturated carbocycles. The molecule has 0 spiro atoms. The molecule has 1 unspecified atom stereocenters. The van der Waals surface area contributed by atoms with Crippen molar-refractivity contribution in [1.29, 1.82) is 0 Å². The second kappa shape index (κ2) is 3.53. The van der Waals surface area contributed by atoms with E-state index in [4.69, 9.17) is 47.1 Å². The van der Waals surface area contributed by atoms with E-state index in [9.17, 15) is 0 Å². The minimum atomic E-state index is -1.53. The second-order valence-corrected chi connectivity index (χ2v) is 6.36. The Morgan fingerprint density at radius 1 is 0.952 bits per heavy atom. The zero-order valence-corrected chi connectivity index (χ0v) is 11.5. The highest BCUT2D eigenvalue weighted by atomic mass is 15.1. The van der Waals surface area contributed by atoms with Gasteiger partial charge in [0.15, 0.2) is 0 Å². The number of hydrogen-bond acceptors (Lipinski definition) is 1. The third-order valence-corrected chi connectivity index (χ3v) is 5.19. The van der Waals surface area contributed by atoms with Crippen LogP contribution in [0.15, 0.2) is 24.4 Å². The molecule has 2 atom stereocenters. The molecular weight excluding hydrogens is 249 g/mol. The molecule has 2 nitrogen and oxygen atoms in total. The topological polar surface area (TPSA) is 27.8 Å². The Bertz CT molecular complexity index is 769. The highest BCUT2D eigenvalue weighted by Gasteiger charge is 2.66. The van der Waals surface area contributed by atoms with Crippen LogP contribution in [0.1, 0.15) is 11.1 Å². The number of fused-ring (bicyclic) bond motifs is 2. The summed E-state index contributed by atoms with van der Waals surface area (Å²) in [6.07, 6.45) is 2.16. The van der Waals surface area contributed by atoms with Crippen LogP contribution in [0.25, 0.3) is 10.9 Å². The van der Waals surface area contributed by atoms with Gasteiger partial charge in [-0.3, -0.25) is 0 Å². The van der Waals surface area contributed by atoms with Gasteiger partial charge in [0.25, 0.3) is 0 Å². The molecule has 1 fully saturated rings. The van der Waals surface area contributed by atoms with Gasteiger partial charge in [0, 0.05) is 17.1 Å². The first-order valence-electron chi connectivity index (χ1n) is 6.76. The first kappa shape index (κ1) is 13.8. The summed E-state index contributed by atoms with van der Waals surface area (Å²) in [5, 5.41) is -1.78.